The van der Waals surface area contributed by atoms with E-state index < -0.39 is 23.1 Å². The van der Waals surface area contributed by atoms with Crippen LogP contribution in [0.25, 0.3) is 0 Å². The van der Waals surface area contributed by atoms with Crippen LogP contribution in [0.5, 0.6) is 0 Å². The molecule has 8 nitrogen and oxygen atoms in total. The second-order valence-corrected chi connectivity index (χ2v) is 11.1. The molecule has 0 atom stereocenters. The Balaban J connectivity index is 1.53. The molecule has 0 radical (unpaired) electrons. The summed E-state index contributed by atoms with van der Waals surface area (Å²) in [6, 6.07) is 10.1. The maximum atomic E-state index is 13.3. The van der Waals surface area contributed by atoms with E-state index in [4.69, 9.17) is 0 Å². The highest BCUT2D eigenvalue weighted by molar-refractivity contribution is 6.24. The van der Waals surface area contributed by atoms with Gasteiger partial charge in [0.2, 0.25) is 5.69 Å². The summed E-state index contributed by atoms with van der Waals surface area (Å²) in [5, 5.41) is 41.9. The van der Waals surface area contributed by atoms with Crippen LogP contribution in [0, 0.1) is 0 Å². The number of aromatic carboxylic acids is 1. The summed E-state index contributed by atoms with van der Waals surface area (Å²) >= 11 is 0. The van der Waals surface area contributed by atoms with Crippen LogP contribution in [0.4, 0.5) is 11.4 Å². The van der Waals surface area contributed by atoms with Crippen molar-refractivity contribution in [2.75, 3.05) is 19.0 Å². The lowest BCUT2D eigenvalue weighted by atomic mass is 9.77. The summed E-state index contributed by atoms with van der Waals surface area (Å²) in [6.45, 7) is 7.82. The zero-order chi connectivity index (χ0) is 27.9. The van der Waals surface area contributed by atoms with Gasteiger partial charge in [-0.2, -0.15) is 4.58 Å². The van der Waals surface area contributed by atoms with E-state index in [2.05, 4.69) is 0 Å². The van der Waals surface area contributed by atoms with Gasteiger partial charge >= 0.3 is 5.97 Å². The van der Waals surface area contributed by atoms with Gasteiger partial charge < -0.3 is 25.3 Å². The summed E-state index contributed by atoms with van der Waals surface area (Å²) in [4.78, 5) is 26.7. The minimum absolute atomic E-state index is 0.0969. The Hall–Kier alpha value is -4.01. The van der Waals surface area contributed by atoms with Crippen molar-refractivity contribution in [1.82, 2.24) is 0 Å². The number of rotatable bonds is 4. The Bertz CT molecular complexity index is 1570. The first kappa shape index (κ1) is 25.6. The molecule has 5 rings (SSSR count). The Morgan fingerprint density at radius 3 is 2.32 bits per heavy atom. The van der Waals surface area contributed by atoms with Gasteiger partial charge in [0.15, 0.2) is 17.8 Å². The van der Waals surface area contributed by atoms with Gasteiger partial charge in [-0.05, 0) is 49.8 Å². The maximum Gasteiger partial charge on any atom is 0.335 e. The monoisotopic (exact) mass is 514 g/mol. The number of benzene rings is 2. The highest BCUT2D eigenvalue weighted by Crippen LogP contribution is 2.49. The van der Waals surface area contributed by atoms with Crippen molar-refractivity contribution < 1.29 is 34.6 Å². The smallest absolute Gasteiger partial charge is 0.335 e. The number of carboxylic acid groups (broad SMARTS) is 1. The van der Waals surface area contributed by atoms with Crippen molar-refractivity contribution in [2.24, 2.45) is 0 Å². The highest BCUT2D eigenvalue weighted by atomic mass is 16.5. The average molecular weight is 515 g/mol. The van der Waals surface area contributed by atoms with Gasteiger partial charge in [0, 0.05) is 58.3 Å². The Labute approximate surface area is 220 Å². The summed E-state index contributed by atoms with van der Waals surface area (Å²) in [7, 11) is 3.69. The number of aliphatic hydroxyl groups excluding tert-OH is 1. The van der Waals surface area contributed by atoms with E-state index in [-0.39, 0.29) is 28.3 Å². The zero-order valence-corrected chi connectivity index (χ0v) is 22.2. The minimum Gasteiger partial charge on any atom is -0.871 e. The van der Waals surface area contributed by atoms with Gasteiger partial charge in [0.1, 0.15) is 7.05 Å². The Morgan fingerprint density at radius 2 is 1.71 bits per heavy atom. The van der Waals surface area contributed by atoms with Crippen LogP contribution in [0.15, 0.2) is 71.2 Å². The first-order chi connectivity index (χ1) is 17.7. The molecule has 0 unspecified atom stereocenters. The standard InChI is InChI=1S/C30H30N2O6/c1-29(2)19-11-15(27(35)36)7-9-21(19)31(5)23(29)13-17-25(33)18(26(17)34)14-24-30(3,4)20-12-16(28(37)38)8-10-22(20)32(24)6/h7-14,27,35-36H,1-6H3,(H-,33,34,37,38). The summed E-state index contributed by atoms with van der Waals surface area (Å²) in [5.74, 6) is -1.69. The van der Waals surface area contributed by atoms with Gasteiger partial charge in [-0.3, -0.25) is 4.79 Å². The lowest BCUT2D eigenvalue weighted by Crippen LogP contribution is -2.34. The molecule has 2 aromatic carbocycles. The molecule has 3 N–H and O–H groups in total. The van der Waals surface area contributed by atoms with E-state index in [9.17, 15) is 30.0 Å². The van der Waals surface area contributed by atoms with E-state index in [1.807, 2.05) is 51.3 Å². The predicted molar refractivity (Wildman–Crippen MR) is 141 cm³/mol. The molecule has 0 bridgehead atoms. The number of hydrogen-bond donors (Lipinski definition) is 3. The number of allylic oxidation sites excluding steroid dienone is 5. The van der Waals surface area contributed by atoms with Crippen LogP contribution < -0.4 is 10.0 Å². The van der Waals surface area contributed by atoms with Crippen LogP contribution in [0.3, 0.4) is 0 Å². The molecule has 2 heterocycles. The van der Waals surface area contributed by atoms with E-state index in [0.717, 1.165) is 33.9 Å². The van der Waals surface area contributed by atoms with E-state index in [1.165, 1.54) is 0 Å². The molecule has 0 aromatic heterocycles. The van der Waals surface area contributed by atoms with Crippen molar-refractivity contribution in [1.29, 1.82) is 0 Å². The van der Waals surface area contributed by atoms with Crippen molar-refractivity contribution in [3.63, 3.8) is 0 Å². The lowest BCUT2D eigenvalue weighted by Gasteiger charge is -2.32. The topological polar surface area (TPSA) is 124 Å². The molecule has 0 spiro atoms. The lowest BCUT2D eigenvalue weighted by molar-refractivity contribution is -0.401. The first-order valence-electron chi connectivity index (χ1n) is 12.3. The van der Waals surface area contributed by atoms with E-state index >= 15 is 0 Å². The number of anilines is 1. The molecule has 2 aromatic rings. The molecule has 0 saturated heterocycles. The van der Waals surface area contributed by atoms with Gasteiger partial charge in [-0.1, -0.05) is 25.7 Å². The third-order valence-corrected chi connectivity index (χ3v) is 8.18. The molecule has 0 fully saturated rings. The summed E-state index contributed by atoms with van der Waals surface area (Å²) in [5.41, 5.74) is 4.45. The minimum atomic E-state index is -1.59. The quantitative estimate of drug-likeness (QED) is 0.326. The number of nitrogens with zero attached hydrogens (tertiary/aromatic N) is 2. The highest BCUT2D eigenvalue weighted by Gasteiger charge is 2.45. The molecule has 0 amide bonds. The van der Waals surface area contributed by atoms with Crippen molar-refractivity contribution in [3.8, 4) is 0 Å². The Kier molecular flexibility index (Phi) is 5.56. The third kappa shape index (κ3) is 3.48. The van der Waals surface area contributed by atoms with Gasteiger partial charge in [-0.25, -0.2) is 4.79 Å². The number of aliphatic hydroxyl groups is 2. The fraction of sp³-hybridized carbons (Fsp3) is 0.300. The molecule has 2 aliphatic heterocycles. The number of Topliss-reactive ketones (excluding diaryl/α,β-unsaturated/α-hetero) is 1. The number of likely N-dealkylation sites (N-methyl/N-ethyl adjacent to an activating group) is 1. The fourth-order valence-corrected chi connectivity index (χ4v) is 5.87. The Morgan fingerprint density at radius 1 is 1.03 bits per heavy atom. The van der Waals surface area contributed by atoms with Gasteiger partial charge in [0.25, 0.3) is 0 Å². The molecule has 3 aliphatic rings. The number of ketones is 1. The number of carbonyl (C=O) groups excluding carboxylic acids is 1. The van der Waals surface area contributed by atoms with Gasteiger partial charge in [0.05, 0.1) is 11.0 Å². The van der Waals surface area contributed by atoms with Crippen molar-refractivity contribution in [3.05, 3.63) is 93.4 Å². The number of hydrogen-bond acceptors (Lipinski definition) is 6. The molecular weight excluding hydrogens is 484 g/mol. The fourth-order valence-electron chi connectivity index (χ4n) is 5.87. The van der Waals surface area contributed by atoms with Crippen LogP contribution in [0.2, 0.25) is 0 Å². The second kappa shape index (κ2) is 8.24. The summed E-state index contributed by atoms with van der Waals surface area (Å²) in [6.07, 6.45) is 1.67. The molecule has 196 valence electrons. The predicted octanol–water partition coefficient (Wildman–Crippen LogP) is 2.81. The van der Waals surface area contributed by atoms with Gasteiger partial charge in [-0.15, -0.1) is 0 Å². The third-order valence-electron chi connectivity index (χ3n) is 8.18. The number of carboxylic acids is 1. The molecule has 38 heavy (non-hydrogen) atoms. The SMILES string of the molecule is CN1C(=CC2=C([O-])C(=CC3=[N+](C)c4ccc(C(=O)O)cc4C3(C)C)C2=O)C(C)(C)c2cc(C(O)O)ccc21. The van der Waals surface area contributed by atoms with Crippen molar-refractivity contribution in [2.45, 2.75) is 44.8 Å². The van der Waals surface area contributed by atoms with Crippen molar-refractivity contribution >= 4 is 28.8 Å². The van der Waals surface area contributed by atoms with Crippen LogP contribution in [0.1, 0.15) is 61.0 Å². The molecule has 0 saturated carbocycles. The van der Waals surface area contributed by atoms with Crippen LogP contribution >= 0.6 is 0 Å². The summed E-state index contributed by atoms with van der Waals surface area (Å²) < 4.78 is 1.89. The molecule has 1 aliphatic carbocycles. The normalized spacial score (nSPS) is 21.5. The second-order valence-electron chi connectivity index (χ2n) is 11.1. The molecule has 8 heteroatoms. The zero-order valence-electron chi connectivity index (χ0n) is 22.2. The van der Waals surface area contributed by atoms with Crippen LogP contribution in [-0.4, -0.2) is 51.5 Å². The maximum absolute atomic E-state index is 13.3. The number of fused-ring (bicyclic) bond motifs is 2. The van der Waals surface area contributed by atoms with E-state index in [0.29, 0.717) is 5.56 Å². The van der Waals surface area contributed by atoms with Crippen LogP contribution in [-0.2, 0) is 15.6 Å². The number of carbonyl (C=O) groups is 2. The largest absolute Gasteiger partial charge is 0.871 e. The average Bonchev–Trinajstić information content (AvgIpc) is 3.17. The molecular formula is C30H30N2O6. The van der Waals surface area contributed by atoms with E-state index in [1.54, 1.807) is 48.6 Å². The first-order valence-corrected chi connectivity index (χ1v) is 12.3.